The van der Waals surface area contributed by atoms with Crippen molar-refractivity contribution in [3.8, 4) is 0 Å². The van der Waals surface area contributed by atoms with Crippen molar-refractivity contribution in [1.82, 2.24) is 4.98 Å². The number of nitrogens with one attached hydrogen (secondary N) is 1. The van der Waals surface area contributed by atoms with Gasteiger partial charge in [0.2, 0.25) is 0 Å². The van der Waals surface area contributed by atoms with Crippen molar-refractivity contribution in [1.29, 1.82) is 0 Å². The SMILES string of the molecule is O=C(Nc1nccc(Cl)c1Br)OCc1ccccc1. The number of carbonyl (C=O) groups is 1. The Labute approximate surface area is 123 Å². The monoisotopic (exact) mass is 340 g/mol. The maximum atomic E-state index is 11.6. The first-order valence-corrected chi connectivity index (χ1v) is 6.61. The molecule has 1 aromatic heterocycles. The molecule has 0 aliphatic rings. The van der Waals surface area contributed by atoms with Gasteiger partial charge in [0.25, 0.3) is 0 Å². The van der Waals surface area contributed by atoms with Crippen LogP contribution in [0, 0.1) is 0 Å². The molecule has 0 saturated heterocycles. The predicted octanol–water partition coefficient (Wildman–Crippen LogP) is 4.25. The predicted molar refractivity (Wildman–Crippen MR) is 77.2 cm³/mol. The summed E-state index contributed by atoms with van der Waals surface area (Å²) in [5.41, 5.74) is 0.913. The Kier molecular flexibility index (Phi) is 4.76. The van der Waals surface area contributed by atoms with Gasteiger partial charge in [0.05, 0.1) is 9.50 Å². The van der Waals surface area contributed by atoms with Crippen LogP contribution in [0.25, 0.3) is 0 Å². The van der Waals surface area contributed by atoms with E-state index in [4.69, 9.17) is 16.3 Å². The summed E-state index contributed by atoms with van der Waals surface area (Å²) in [6, 6.07) is 11.0. The average molecular weight is 342 g/mol. The van der Waals surface area contributed by atoms with Gasteiger partial charge in [0.15, 0.2) is 5.82 Å². The summed E-state index contributed by atoms with van der Waals surface area (Å²) in [7, 11) is 0. The third kappa shape index (κ3) is 3.94. The average Bonchev–Trinajstić information content (AvgIpc) is 2.43. The van der Waals surface area contributed by atoms with Crippen molar-refractivity contribution in [2.45, 2.75) is 6.61 Å². The Morgan fingerprint density at radius 3 is 2.79 bits per heavy atom. The standard InChI is InChI=1S/C13H10BrClN2O2/c14-11-10(15)6-7-16-12(11)17-13(18)19-8-9-4-2-1-3-5-9/h1-7H,8H2,(H,16,17,18). The van der Waals surface area contributed by atoms with Crippen LogP contribution >= 0.6 is 27.5 Å². The number of ether oxygens (including phenoxy) is 1. The van der Waals surface area contributed by atoms with Gasteiger partial charge >= 0.3 is 6.09 Å². The second-order valence-corrected chi connectivity index (χ2v) is 4.84. The minimum atomic E-state index is -0.584. The molecule has 0 bridgehead atoms. The molecular weight excluding hydrogens is 332 g/mol. The van der Waals surface area contributed by atoms with E-state index in [-0.39, 0.29) is 6.61 Å². The van der Waals surface area contributed by atoms with Crippen LogP contribution in [0.5, 0.6) is 0 Å². The highest BCUT2D eigenvalue weighted by Gasteiger charge is 2.10. The number of aromatic nitrogens is 1. The van der Waals surface area contributed by atoms with Crippen molar-refractivity contribution in [2.24, 2.45) is 0 Å². The quantitative estimate of drug-likeness (QED) is 0.908. The number of pyridine rings is 1. The normalized spacial score (nSPS) is 10.0. The van der Waals surface area contributed by atoms with Gasteiger partial charge in [-0.3, -0.25) is 5.32 Å². The highest BCUT2D eigenvalue weighted by Crippen LogP contribution is 2.27. The molecule has 0 atom stereocenters. The van der Waals surface area contributed by atoms with Crippen molar-refractivity contribution >= 4 is 39.4 Å². The highest BCUT2D eigenvalue weighted by molar-refractivity contribution is 9.10. The first-order chi connectivity index (χ1) is 9.16. The van der Waals surface area contributed by atoms with Gasteiger partial charge in [-0.2, -0.15) is 0 Å². The lowest BCUT2D eigenvalue weighted by Crippen LogP contribution is -2.14. The van der Waals surface area contributed by atoms with Crippen molar-refractivity contribution in [3.05, 3.63) is 57.7 Å². The lowest BCUT2D eigenvalue weighted by Gasteiger charge is -2.08. The third-order valence-electron chi connectivity index (χ3n) is 2.28. The summed E-state index contributed by atoms with van der Waals surface area (Å²) in [5, 5.41) is 2.98. The molecule has 4 nitrogen and oxygen atoms in total. The van der Waals surface area contributed by atoms with E-state index in [2.05, 4.69) is 26.2 Å². The minimum absolute atomic E-state index is 0.199. The lowest BCUT2D eigenvalue weighted by atomic mass is 10.2. The number of anilines is 1. The third-order valence-corrected chi connectivity index (χ3v) is 3.62. The van der Waals surface area contributed by atoms with Crippen molar-refractivity contribution < 1.29 is 9.53 Å². The Bertz CT molecular complexity index is 578. The van der Waals surface area contributed by atoms with Crippen LogP contribution in [0.4, 0.5) is 10.6 Å². The van der Waals surface area contributed by atoms with Gasteiger partial charge in [0, 0.05) is 6.20 Å². The number of nitrogens with zero attached hydrogens (tertiary/aromatic N) is 1. The Hall–Kier alpha value is -1.59. The number of rotatable bonds is 3. The smallest absolute Gasteiger partial charge is 0.413 e. The molecule has 1 N–H and O–H groups in total. The molecule has 0 aliphatic carbocycles. The molecule has 1 heterocycles. The minimum Gasteiger partial charge on any atom is -0.444 e. The molecule has 98 valence electrons. The summed E-state index contributed by atoms with van der Waals surface area (Å²) in [5.74, 6) is 0.325. The van der Waals surface area contributed by atoms with Crippen molar-refractivity contribution in [3.63, 3.8) is 0 Å². The molecule has 19 heavy (non-hydrogen) atoms. The van der Waals surface area contributed by atoms with Crippen molar-refractivity contribution in [2.75, 3.05) is 5.32 Å². The summed E-state index contributed by atoms with van der Waals surface area (Å²) >= 11 is 9.13. The number of halogens is 2. The fraction of sp³-hybridized carbons (Fsp3) is 0.0769. The van der Waals surface area contributed by atoms with Gasteiger partial charge in [-0.25, -0.2) is 9.78 Å². The zero-order valence-electron chi connectivity index (χ0n) is 9.77. The molecule has 0 aliphatic heterocycles. The second-order valence-electron chi connectivity index (χ2n) is 3.64. The van der Waals surface area contributed by atoms with Gasteiger partial charge in [-0.15, -0.1) is 0 Å². The van der Waals surface area contributed by atoms with Crippen LogP contribution < -0.4 is 5.32 Å². The van der Waals surface area contributed by atoms with E-state index in [1.165, 1.54) is 6.20 Å². The van der Waals surface area contributed by atoms with Crippen LogP contribution in [0.1, 0.15) is 5.56 Å². The summed E-state index contributed by atoms with van der Waals surface area (Å²) in [6.45, 7) is 0.199. The topological polar surface area (TPSA) is 51.2 Å². The van der Waals surface area contributed by atoms with Crippen LogP contribution in [-0.2, 0) is 11.3 Å². The maximum absolute atomic E-state index is 11.6. The van der Waals surface area contributed by atoms with E-state index < -0.39 is 6.09 Å². The zero-order valence-corrected chi connectivity index (χ0v) is 12.1. The highest BCUT2D eigenvalue weighted by atomic mass is 79.9. The molecule has 2 rings (SSSR count). The molecule has 0 saturated carbocycles. The van der Waals surface area contributed by atoms with E-state index in [1.54, 1.807) is 6.07 Å². The maximum Gasteiger partial charge on any atom is 0.413 e. The fourth-order valence-electron chi connectivity index (χ4n) is 1.36. The van der Waals surface area contributed by atoms with E-state index in [0.29, 0.717) is 15.3 Å². The lowest BCUT2D eigenvalue weighted by molar-refractivity contribution is 0.155. The second kappa shape index (κ2) is 6.54. The number of hydrogen-bond donors (Lipinski definition) is 1. The molecule has 6 heteroatoms. The fourth-order valence-corrected chi connectivity index (χ4v) is 1.84. The summed E-state index contributed by atoms with van der Waals surface area (Å²) < 4.78 is 5.59. The number of carbonyl (C=O) groups excluding carboxylic acids is 1. The van der Waals surface area contributed by atoms with Crippen LogP contribution in [0.3, 0.4) is 0 Å². The molecular formula is C13H10BrClN2O2. The van der Waals surface area contributed by atoms with Gasteiger partial charge < -0.3 is 4.74 Å². The number of benzene rings is 1. The van der Waals surface area contributed by atoms with Crippen LogP contribution in [0.2, 0.25) is 5.02 Å². The number of amides is 1. The van der Waals surface area contributed by atoms with E-state index in [0.717, 1.165) is 5.56 Å². The summed E-state index contributed by atoms with van der Waals surface area (Å²) in [6.07, 6.45) is 0.916. The Morgan fingerprint density at radius 1 is 1.32 bits per heavy atom. The Balaban J connectivity index is 1.93. The van der Waals surface area contributed by atoms with Gasteiger partial charge in [-0.1, -0.05) is 41.9 Å². The first kappa shape index (κ1) is 13.8. The zero-order chi connectivity index (χ0) is 13.7. The van der Waals surface area contributed by atoms with Gasteiger partial charge in [0.1, 0.15) is 6.61 Å². The first-order valence-electron chi connectivity index (χ1n) is 5.44. The number of hydrogen-bond acceptors (Lipinski definition) is 3. The molecule has 0 radical (unpaired) electrons. The van der Waals surface area contributed by atoms with E-state index >= 15 is 0 Å². The molecule has 1 amide bonds. The molecule has 0 unspecified atom stereocenters. The Morgan fingerprint density at radius 2 is 2.05 bits per heavy atom. The molecule has 1 aromatic carbocycles. The summed E-state index contributed by atoms with van der Waals surface area (Å²) in [4.78, 5) is 15.6. The largest absolute Gasteiger partial charge is 0.444 e. The van der Waals surface area contributed by atoms with E-state index in [9.17, 15) is 4.79 Å². The van der Waals surface area contributed by atoms with Crippen LogP contribution in [-0.4, -0.2) is 11.1 Å². The van der Waals surface area contributed by atoms with Gasteiger partial charge in [-0.05, 0) is 27.6 Å². The molecule has 0 spiro atoms. The van der Waals surface area contributed by atoms with Crippen LogP contribution in [0.15, 0.2) is 47.1 Å². The molecule has 2 aromatic rings. The van der Waals surface area contributed by atoms with E-state index in [1.807, 2.05) is 30.3 Å². The molecule has 0 fully saturated rings.